The van der Waals surface area contributed by atoms with Crippen LogP contribution in [0.25, 0.3) is 5.69 Å². The van der Waals surface area contributed by atoms with Crippen molar-refractivity contribution in [3.63, 3.8) is 0 Å². The first-order chi connectivity index (χ1) is 12.9. The number of hydrogen-bond acceptors (Lipinski definition) is 4. The van der Waals surface area contributed by atoms with Gasteiger partial charge in [-0.25, -0.2) is 4.68 Å². The number of carboxylic acid groups (broad SMARTS) is 1. The zero-order chi connectivity index (χ0) is 19.1. The van der Waals surface area contributed by atoms with Gasteiger partial charge in [0.15, 0.2) is 0 Å². The molecule has 28 heavy (non-hydrogen) atoms. The van der Waals surface area contributed by atoms with Crippen LogP contribution in [0.4, 0.5) is 0 Å². The van der Waals surface area contributed by atoms with E-state index in [0.29, 0.717) is 29.5 Å². The topological polar surface area (TPSA) is 96.3 Å². The molecule has 4 rings (SSSR count). The molecule has 1 aromatic carbocycles. The first kappa shape index (κ1) is 20.6. The maximum absolute atomic E-state index is 12.8. The molecular formula is C19H22Cl2N4O3. The molecule has 1 amide bonds. The van der Waals surface area contributed by atoms with Crippen molar-refractivity contribution in [2.45, 2.75) is 44.2 Å². The average Bonchev–Trinajstić information content (AvgIpc) is 3.18. The molecule has 2 atom stereocenters. The third-order valence-corrected chi connectivity index (χ3v) is 5.59. The smallest absolute Gasteiger partial charge is 0.320 e. The number of aryl methyl sites for hydroxylation is 1. The van der Waals surface area contributed by atoms with Crippen molar-refractivity contribution in [1.29, 1.82) is 0 Å². The molecule has 1 saturated heterocycles. The molecule has 1 aromatic heterocycles. The molecule has 2 heterocycles. The van der Waals surface area contributed by atoms with E-state index in [9.17, 15) is 9.59 Å². The summed E-state index contributed by atoms with van der Waals surface area (Å²) in [6, 6.07) is 4.92. The maximum Gasteiger partial charge on any atom is 0.320 e. The number of nitrogens with zero attached hydrogens (tertiary/aromatic N) is 2. The molecular weight excluding hydrogens is 403 g/mol. The zero-order valence-corrected chi connectivity index (χ0v) is 16.9. The number of nitrogens with one attached hydrogen (secondary N) is 2. The van der Waals surface area contributed by atoms with E-state index in [4.69, 9.17) is 16.7 Å². The lowest BCUT2D eigenvalue weighted by atomic mass is 10.1. The molecule has 150 valence electrons. The lowest BCUT2D eigenvalue weighted by Crippen LogP contribution is -2.36. The van der Waals surface area contributed by atoms with Gasteiger partial charge in [-0.05, 0) is 43.9 Å². The number of amides is 1. The fourth-order valence-electron chi connectivity index (χ4n) is 3.50. The van der Waals surface area contributed by atoms with Gasteiger partial charge in [-0.15, -0.1) is 12.4 Å². The Hall–Kier alpha value is -2.09. The van der Waals surface area contributed by atoms with E-state index in [1.165, 1.54) is 0 Å². The van der Waals surface area contributed by atoms with Gasteiger partial charge in [0.05, 0.1) is 23.1 Å². The predicted molar refractivity (Wildman–Crippen MR) is 108 cm³/mol. The van der Waals surface area contributed by atoms with Crippen LogP contribution in [0.3, 0.4) is 0 Å². The minimum atomic E-state index is -0.894. The van der Waals surface area contributed by atoms with Crippen molar-refractivity contribution in [3.05, 3.63) is 46.2 Å². The number of halogens is 2. The highest BCUT2D eigenvalue weighted by Gasteiger charge is 2.35. The highest BCUT2D eigenvalue weighted by molar-refractivity contribution is 6.31. The van der Waals surface area contributed by atoms with Crippen molar-refractivity contribution in [2.75, 3.05) is 6.54 Å². The Morgan fingerprint density at radius 3 is 2.71 bits per heavy atom. The van der Waals surface area contributed by atoms with E-state index < -0.39 is 12.0 Å². The summed E-state index contributed by atoms with van der Waals surface area (Å²) < 4.78 is 1.80. The number of aromatic nitrogens is 2. The second kappa shape index (κ2) is 8.11. The first-order valence-corrected chi connectivity index (χ1v) is 9.43. The van der Waals surface area contributed by atoms with Crippen LogP contribution in [0, 0.1) is 6.92 Å². The summed E-state index contributed by atoms with van der Waals surface area (Å²) in [6.45, 7) is 2.39. The summed E-state index contributed by atoms with van der Waals surface area (Å²) in [5.41, 5.74) is 3.27. The molecule has 2 aliphatic rings. The van der Waals surface area contributed by atoms with Crippen LogP contribution < -0.4 is 10.6 Å². The van der Waals surface area contributed by atoms with E-state index >= 15 is 0 Å². The fourth-order valence-corrected chi connectivity index (χ4v) is 3.67. The van der Waals surface area contributed by atoms with Gasteiger partial charge < -0.3 is 15.7 Å². The van der Waals surface area contributed by atoms with Crippen LogP contribution in [0.1, 0.15) is 46.8 Å². The van der Waals surface area contributed by atoms with E-state index in [1.807, 2.05) is 25.1 Å². The van der Waals surface area contributed by atoms with Gasteiger partial charge in [-0.3, -0.25) is 9.59 Å². The quantitative estimate of drug-likeness (QED) is 0.685. The number of carboxylic acids is 1. The molecule has 2 aromatic rings. The van der Waals surface area contributed by atoms with Crippen LogP contribution in [-0.4, -0.2) is 45.4 Å². The van der Waals surface area contributed by atoms with Crippen molar-refractivity contribution in [1.82, 2.24) is 20.4 Å². The van der Waals surface area contributed by atoms with Crippen molar-refractivity contribution in [3.8, 4) is 5.69 Å². The van der Waals surface area contributed by atoms with E-state index in [2.05, 4.69) is 15.7 Å². The molecule has 0 spiro atoms. The van der Waals surface area contributed by atoms with Crippen molar-refractivity contribution in [2.24, 2.45) is 0 Å². The first-order valence-electron chi connectivity index (χ1n) is 9.05. The zero-order valence-electron chi connectivity index (χ0n) is 15.3. The molecule has 0 unspecified atom stereocenters. The molecule has 1 aliphatic heterocycles. The lowest BCUT2D eigenvalue weighted by Gasteiger charge is -2.13. The van der Waals surface area contributed by atoms with Gasteiger partial charge >= 0.3 is 5.97 Å². The standard InChI is InChI=1S/C19H21ClN4O3.ClH/c1-10-2-5-13(7-15(10)20)24-17(11-3-4-11)14(9-22-24)18(25)23-12-6-16(19(26)27)21-8-12;/h2,5,7,9,11-12,16,21H,3-4,6,8H2,1H3,(H,23,25)(H,26,27);1H/t12-,16+;/m0./s1. The minimum Gasteiger partial charge on any atom is -0.480 e. The van der Waals surface area contributed by atoms with Gasteiger partial charge in [0.2, 0.25) is 0 Å². The van der Waals surface area contributed by atoms with Crippen LogP contribution >= 0.6 is 24.0 Å². The predicted octanol–water partition coefficient (Wildman–Crippen LogP) is 2.68. The van der Waals surface area contributed by atoms with Gasteiger partial charge in [-0.2, -0.15) is 5.10 Å². The summed E-state index contributed by atoms with van der Waals surface area (Å²) in [5, 5.41) is 20.0. The average molecular weight is 425 g/mol. The highest BCUT2D eigenvalue weighted by Crippen LogP contribution is 2.42. The number of hydrogen-bond donors (Lipinski definition) is 3. The molecule has 7 nitrogen and oxygen atoms in total. The highest BCUT2D eigenvalue weighted by atomic mass is 35.5. The largest absolute Gasteiger partial charge is 0.480 e. The normalized spacial score (nSPS) is 21.2. The molecule has 9 heteroatoms. The third kappa shape index (κ3) is 4.01. The van der Waals surface area contributed by atoms with Gasteiger partial charge in [-0.1, -0.05) is 17.7 Å². The Morgan fingerprint density at radius 2 is 2.11 bits per heavy atom. The second-order valence-corrected chi connectivity index (χ2v) is 7.68. The van der Waals surface area contributed by atoms with Crippen molar-refractivity contribution < 1.29 is 14.7 Å². The number of benzene rings is 1. The fraction of sp³-hybridized carbons (Fsp3) is 0.421. The third-order valence-electron chi connectivity index (χ3n) is 5.18. The molecule has 0 bridgehead atoms. The Balaban J connectivity index is 0.00000225. The summed E-state index contributed by atoms with van der Waals surface area (Å²) in [4.78, 5) is 23.9. The number of carbonyl (C=O) groups excluding carboxylic acids is 1. The molecule has 1 saturated carbocycles. The van der Waals surface area contributed by atoms with Gasteiger partial charge in [0.25, 0.3) is 5.91 Å². The van der Waals surface area contributed by atoms with Crippen LogP contribution in [0.15, 0.2) is 24.4 Å². The van der Waals surface area contributed by atoms with Crippen LogP contribution in [0.5, 0.6) is 0 Å². The SMILES string of the molecule is Cc1ccc(-n2ncc(C(=O)N[C@@H]3CN[C@@H](C(=O)O)C3)c2C2CC2)cc1Cl.Cl. The van der Waals surface area contributed by atoms with E-state index in [-0.39, 0.29) is 24.4 Å². The molecule has 2 fully saturated rings. The maximum atomic E-state index is 12.8. The summed E-state index contributed by atoms with van der Waals surface area (Å²) >= 11 is 6.26. The number of carbonyl (C=O) groups is 2. The Kier molecular flexibility index (Phi) is 5.98. The van der Waals surface area contributed by atoms with E-state index in [0.717, 1.165) is 29.8 Å². The molecule has 0 radical (unpaired) electrons. The van der Waals surface area contributed by atoms with Crippen molar-refractivity contribution >= 4 is 35.9 Å². The molecule has 1 aliphatic carbocycles. The van der Waals surface area contributed by atoms with Gasteiger partial charge in [0, 0.05) is 23.5 Å². The Morgan fingerprint density at radius 1 is 1.36 bits per heavy atom. The number of aliphatic carboxylic acids is 1. The number of rotatable bonds is 5. The van der Waals surface area contributed by atoms with E-state index in [1.54, 1.807) is 10.9 Å². The van der Waals surface area contributed by atoms with Crippen LogP contribution in [-0.2, 0) is 4.79 Å². The summed E-state index contributed by atoms with van der Waals surface area (Å²) in [5.74, 6) is -0.796. The minimum absolute atomic E-state index is 0. The Bertz CT molecular complexity index is 911. The molecule has 3 N–H and O–H groups in total. The van der Waals surface area contributed by atoms with Gasteiger partial charge in [0.1, 0.15) is 6.04 Å². The Labute approximate surface area is 173 Å². The monoisotopic (exact) mass is 424 g/mol. The summed E-state index contributed by atoms with van der Waals surface area (Å²) in [6.07, 6.45) is 4.02. The second-order valence-electron chi connectivity index (χ2n) is 7.27. The summed E-state index contributed by atoms with van der Waals surface area (Å²) in [7, 11) is 0. The lowest BCUT2D eigenvalue weighted by molar-refractivity contribution is -0.139. The van der Waals surface area contributed by atoms with Crippen LogP contribution in [0.2, 0.25) is 5.02 Å².